The van der Waals surface area contributed by atoms with Gasteiger partial charge in [-0.15, -0.1) is 0 Å². The zero-order chi connectivity index (χ0) is 8.69. The highest BCUT2D eigenvalue weighted by atomic mass is 14.7. The standard InChI is InChI=1S/C8H9N.C2H6/c1-3-8-7(2)5-4-6-9-8;1-2/h3-6H,1H2,2H3;1-2H3. The van der Waals surface area contributed by atoms with Crippen LogP contribution in [-0.4, -0.2) is 4.98 Å². The van der Waals surface area contributed by atoms with Crippen molar-refractivity contribution in [1.29, 1.82) is 0 Å². The number of hydrogen-bond acceptors (Lipinski definition) is 1. The second-order valence-corrected chi connectivity index (χ2v) is 1.91. The lowest BCUT2D eigenvalue weighted by Crippen LogP contribution is -1.82. The molecule has 0 aliphatic carbocycles. The number of hydrogen-bond donors (Lipinski definition) is 0. The van der Waals surface area contributed by atoms with Crippen molar-refractivity contribution >= 4 is 6.08 Å². The third kappa shape index (κ3) is 2.99. The summed E-state index contributed by atoms with van der Waals surface area (Å²) in [7, 11) is 0. The zero-order valence-corrected chi connectivity index (χ0v) is 7.46. The van der Waals surface area contributed by atoms with Crippen molar-refractivity contribution in [2.75, 3.05) is 0 Å². The number of aromatic nitrogens is 1. The topological polar surface area (TPSA) is 12.9 Å². The van der Waals surface area contributed by atoms with E-state index in [9.17, 15) is 0 Å². The van der Waals surface area contributed by atoms with Crippen LogP contribution in [0.2, 0.25) is 0 Å². The van der Waals surface area contributed by atoms with Gasteiger partial charge >= 0.3 is 0 Å². The summed E-state index contributed by atoms with van der Waals surface area (Å²) >= 11 is 0. The molecule has 60 valence electrons. The van der Waals surface area contributed by atoms with Crippen LogP contribution in [0.15, 0.2) is 24.9 Å². The van der Waals surface area contributed by atoms with Gasteiger partial charge in [0.05, 0.1) is 5.69 Å². The quantitative estimate of drug-likeness (QED) is 0.598. The maximum atomic E-state index is 4.08. The molecule has 1 aromatic rings. The van der Waals surface area contributed by atoms with Crippen LogP contribution in [0.25, 0.3) is 6.08 Å². The third-order valence-corrected chi connectivity index (χ3v) is 1.24. The minimum atomic E-state index is 0.970. The Kier molecular flexibility index (Phi) is 5.09. The van der Waals surface area contributed by atoms with E-state index < -0.39 is 0 Å². The molecule has 0 fully saturated rings. The van der Waals surface area contributed by atoms with Gasteiger partial charge in [0.2, 0.25) is 0 Å². The second kappa shape index (κ2) is 5.66. The van der Waals surface area contributed by atoms with Gasteiger partial charge in [-0.2, -0.15) is 0 Å². The normalized spacial score (nSPS) is 7.91. The Morgan fingerprint density at radius 3 is 2.45 bits per heavy atom. The van der Waals surface area contributed by atoms with Crippen LogP contribution < -0.4 is 0 Å². The van der Waals surface area contributed by atoms with Crippen molar-refractivity contribution in [2.24, 2.45) is 0 Å². The van der Waals surface area contributed by atoms with Crippen molar-refractivity contribution in [1.82, 2.24) is 4.98 Å². The molecule has 0 saturated carbocycles. The predicted octanol–water partition coefficient (Wildman–Crippen LogP) is 3.06. The molecule has 1 heterocycles. The van der Waals surface area contributed by atoms with Gasteiger partial charge in [0, 0.05) is 6.20 Å². The predicted molar refractivity (Wildman–Crippen MR) is 50.4 cm³/mol. The van der Waals surface area contributed by atoms with Crippen molar-refractivity contribution in [3.05, 3.63) is 36.2 Å². The first kappa shape index (κ1) is 9.89. The van der Waals surface area contributed by atoms with E-state index in [1.807, 2.05) is 32.9 Å². The summed E-state index contributed by atoms with van der Waals surface area (Å²) in [6.45, 7) is 9.65. The zero-order valence-electron chi connectivity index (χ0n) is 7.46. The fourth-order valence-corrected chi connectivity index (χ4v) is 0.712. The van der Waals surface area contributed by atoms with E-state index in [4.69, 9.17) is 0 Å². The van der Waals surface area contributed by atoms with Crippen LogP contribution in [-0.2, 0) is 0 Å². The molecule has 0 unspecified atom stereocenters. The van der Waals surface area contributed by atoms with Crippen LogP contribution in [0.3, 0.4) is 0 Å². The van der Waals surface area contributed by atoms with Crippen molar-refractivity contribution in [2.45, 2.75) is 20.8 Å². The summed E-state index contributed by atoms with van der Waals surface area (Å²) in [6, 6.07) is 3.94. The van der Waals surface area contributed by atoms with Gasteiger partial charge in [-0.05, 0) is 24.6 Å². The molecule has 0 spiro atoms. The van der Waals surface area contributed by atoms with E-state index >= 15 is 0 Å². The SMILES string of the molecule is C=Cc1ncccc1C.CC. The number of pyridine rings is 1. The number of rotatable bonds is 1. The molecule has 1 rings (SSSR count). The average Bonchev–Trinajstić information content (AvgIpc) is 2.09. The molecule has 0 radical (unpaired) electrons. The van der Waals surface area contributed by atoms with Crippen molar-refractivity contribution < 1.29 is 0 Å². The molecule has 0 atom stereocenters. The minimum absolute atomic E-state index is 0.970. The maximum Gasteiger partial charge on any atom is 0.0652 e. The van der Waals surface area contributed by atoms with E-state index in [1.54, 1.807) is 12.3 Å². The smallest absolute Gasteiger partial charge is 0.0652 e. The van der Waals surface area contributed by atoms with E-state index in [0.717, 1.165) is 5.69 Å². The summed E-state index contributed by atoms with van der Waals surface area (Å²) in [4.78, 5) is 4.08. The van der Waals surface area contributed by atoms with Gasteiger partial charge in [0.25, 0.3) is 0 Å². The molecule has 0 bridgehead atoms. The highest BCUT2D eigenvalue weighted by molar-refractivity contribution is 5.45. The molecule has 0 N–H and O–H groups in total. The lowest BCUT2D eigenvalue weighted by atomic mass is 10.2. The Morgan fingerprint density at radius 1 is 1.45 bits per heavy atom. The molecule has 0 aliphatic heterocycles. The van der Waals surface area contributed by atoms with Gasteiger partial charge < -0.3 is 0 Å². The first-order valence-corrected chi connectivity index (χ1v) is 3.88. The third-order valence-electron chi connectivity index (χ3n) is 1.24. The van der Waals surface area contributed by atoms with E-state index in [0.29, 0.717) is 0 Å². The monoisotopic (exact) mass is 149 g/mol. The number of aryl methyl sites for hydroxylation is 1. The average molecular weight is 149 g/mol. The lowest BCUT2D eigenvalue weighted by molar-refractivity contribution is 1.24. The summed E-state index contributed by atoms with van der Waals surface area (Å²) in [5.74, 6) is 0. The number of nitrogens with zero attached hydrogens (tertiary/aromatic N) is 1. The molecule has 0 aliphatic rings. The van der Waals surface area contributed by atoms with Gasteiger partial charge in [0.15, 0.2) is 0 Å². The van der Waals surface area contributed by atoms with E-state index in [-0.39, 0.29) is 0 Å². The molecule has 0 amide bonds. The molecule has 0 aromatic carbocycles. The molecular formula is C10H15N. The first-order valence-electron chi connectivity index (χ1n) is 3.88. The molecule has 11 heavy (non-hydrogen) atoms. The highest BCUT2D eigenvalue weighted by Gasteiger charge is 1.88. The van der Waals surface area contributed by atoms with Gasteiger partial charge in [-0.3, -0.25) is 4.98 Å². The summed E-state index contributed by atoms with van der Waals surface area (Å²) in [5.41, 5.74) is 2.14. The Morgan fingerprint density at radius 2 is 2.09 bits per heavy atom. The molecular weight excluding hydrogens is 134 g/mol. The minimum Gasteiger partial charge on any atom is -0.257 e. The highest BCUT2D eigenvalue weighted by Crippen LogP contribution is 2.02. The van der Waals surface area contributed by atoms with E-state index in [2.05, 4.69) is 11.6 Å². The van der Waals surface area contributed by atoms with Gasteiger partial charge in [0.1, 0.15) is 0 Å². The van der Waals surface area contributed by atoms with Gasteiger partial charge in [-0.1, -0.05) is 26.5 Å². The van der Waals surface area contributed by atoms with Crippen LogP contribution in [0.1, 0.15) is 25.1 Å². The Balaban J connectivity index is 0.000000461. The largest absolute Gasteiger partial charge is 0.257 e. The summed E-state index contributed by atoms with van der Waals surface area (Å²) < 4.78 is 0. The van der Waals surface area contributed by atoms with Crippen LogP contribution in [0, 0.1) is 6.92 Å². The van der Waals surface area contributed by atoms with Crippen LogP contribution >= 0.6 is 0 Å². The van der Waals surface area contributed by atoms with Crippen molar-refractivity contribution in [3.63, 3.8) is 0 Å². The molecule has 1 nitrogen and oxygen atoms in total. The fourth-order valence-electron chi connectivity index (χ4n) is 0.712. The van der Waals surface area contributed by atoms with Crippen LogP contribution in [0.5, 0.6) is 0 Å². The first-order chi connectivity index (χ1) is 5.34. The molecule has 0 saturated heterocycles. The molecule has 1 heteroatoms. The summed E-state index contributed by atoms with van der Waals surface area (Å²) in [5, 5.41) is 0. The Labute approximate surface area is 68.8 Å². The van der Waals surface area contributed by atoms with Crippen LogP contribution in [0.4, 0.5) is 0 Å². The fraction of sp³-hybridized carbons (Fsp3) is 0.300. The molecule has 1 aromatic heterocycles. The maximum absolute atomic E-state index is 4.08. The lowest BCUT2D eigenvalue weighted by Gasteiger charge is -1.94. The Hall–Kier alpha value is -1.11. The summed E-state index contributed by atoms with van der Waals surface area (Å²) in [6.07, 6.45) is 3.53. The second-order valence-electron chi connectivity index (χ2n) is 1.91. The van der Waals surface area contributed by atoms with E-state index in [1.165, 1.54) is 5.56 Å². The van der Waals surface area contributed by atoms with Gasteiger partial charge in [-0.25, -0.2) is 0 Å². The Bertz CT molecular complexity index is 216. The van der Waals surface area contributed by atoms with Crippen molar-refractivity contribution in [3.8, 4) is 0 Å².